The van der Waals surface area contributed by atoms with Crippen molar-refractivity contribution in [2.75, 3.05) is 6.61 Å². The van der Waals surface area contributed by atoms with Crippen molar-refractivity contribution < 1.29 is 14.6 Å². The Morgan fingerprint density at radius 3 is 2.81 bits per heavy atom. The molecular formula is C12H17NO3. The minimum absolute atomic E-state index is 0.281. The SMILES string of the molecule is CCOc1cccc(CC(C)(N)C(=O)O)c1. The number of aliphatic carboxylic acids is 1. The average Bonchev–Trinajstić information content (AvgIpc) is 2.17. The van der Waals surface area contributed by atoms with E-state index in [1.807, 2.05) is 31.2 Å². The standard InChI is InChI=1S/C12H17NO3/c1-3-16-10-6-4-5-9(7-10)8-12(2,13)11(14)15/h4-7H,3,8,13H2,1-2H3,(H,14,15). The molecule has 1 atom stereocenters. The number of hydrogen-bond donors (Lipinski definition) is 2. The lowest BCUT2D eigenvalue weighted by atomic mass is 9.94. The predicted octanol–water partition coefficient (Wildman–Crippen LogP) is 1.43. The fraction of sp³-hybridized carbons (Fsp3) is 0.417. The van der Waals surface area contributed by atoms with Gasteiger partial charge in [-0.05, 0) is 31.5 Å². The van der Waals surface area contributed by atoms with Crippen molar-refractivity contribution in [2.45, 2.75) is 25.8 Å². The van der Waals surface area contributed by atoms with E-state index in [-0.39, 0.29) is 6.42 Å². The molecule has 0 saturated carbocycles. The second-order valence-corrected chi connectivity index (χ2v) is 3.98. The Kier molecular flexibility index (Phi) is 3.90. The van der Waals surface area contributed by atoms with Crippen LogP contribution in [0.15, 0.2) is 24.3 Å². The van der Waals surface area contributed by atoms with Gasteiger partial charge in [0.25, 0.3) is 0 Å². The minimum atomic E-state index is -1.25. The summed E-state index contributed by atoms with van der Waals surface area (Å²) >= 11 is 0. The second-order valence-electron chi connectivity index (χ2n) is 3.98. The molecule has 4 nitrogen and oxygen atoms in total. The molecule has 0 bridgehead atoms. The molecule has 0 aromatic heterocycles. The van der Waals surface area contributed by atoms with Crippen molar-refractivity contribution in [2.24, 2.45) is 5.73 Å². The summed E-state index contributed by atoms with van der Waals surface area (Å²) in [7, 11) is 0. The topological polar surface area (TPSA) is 72.5 Å². The molecular weight excluding hydrogens is 206 g/mol. The number of carbonyl (C=O) groups is 1. The number of nitrogens with two attached hydrogens (primary N) is 1. The van der Waals surface area contributed by atoms with Crippen LogP contribution in [0.25, 0.3) is 0 Å². The summed E-state index contributed by atoms with van der Waals surface area (Å²) in [6.07, 6.45) is 0.281. The quantitative estimate of drug-likeness (QED) is 0.792. The van der Waals surface area contributed by atoms with Crippen LogP contribution in [0.1, 0.15) is 19.4 Å². The highest BCUT2D eigenvalue weighted by Gasteiger charge is 2.28. The van der Waals surface area contributed by atoms with Crippen LogP contribution < -0.4 is 10.5 Å². The van der Waals surface area contributed by atoms with Gasteiger partial charge in [-0.3, -0.25) is 4.79 Å². The fourth-order valence-electron chi connectivity index (χ4n) is 1.41. The Bertz CT molecular complexity index is 374. The maximum absolute atomic E-state index is 10.9. The third-order valence-corrected chi connectivity index (χ3v) is 2.27. The number of ether oxygens (including phenoxy) is 1. The molecule has 1 rings (SSSR count). The van der Waals surface area contributed by atoms with Crippen molar-refractivity contribution in [1.29, 1.82) is 0 Å². The lowest BCUT2D eigenvalue weighted by molar-refractivity contribution is -0.142. The van der Waals surface area contributed by atoms with Crippen molar-refractivity contribution in [3.63, 3.8) is 0 Å². The highest BCUT2D eigenvalue weighted by Crippen LogP contribution is 2.17. The lowest BCUT2D eigenvalue weighted by Crippen LogP contribution is -2.46. The van der Waals surface area contributed by atoms with E-state index in [1.54, 1.807) is 0 Å². The summed E-state index contributed by atoms with van der Waals surface area (Å²) in [5.74, 6) is -0.268. The normalized spacial score (nSPS) is 14.2. The Balaban J connectivity index is 2.81. The van der Waals surface area contributed by atoms with Crippen LogP contribution in [0.4, 0.5) is 0 Å². The van der Waals surface area contributed by atoms with Gasteiger partial charge in [0, 0.05) is 6.42 Å². The number of carboxylic acid groups (broad SMARTS) is 1. The van der Waals surface area contributed by atoms with E-state index in [2.05, 4.69) is 0 Å². The first kappa shape index (κ1) is 12.5. The van der Waals surface area contributed by atoms with Gasteiger partial charge in [0.05, 0.1) is 6.61 Å². The van der Waals surface area contributed by atoms with E-state index < -0.39 is 11.5 Å². The molecule has 1 aromatic carbocycles. The molecule has 16 heavy (non-hydrogen) atoms. The minimum Gasteiger partial charge on any atom is -0.494 e. The third kappa shape index (κ3) is 3.24. The molecule has 0 spiro atoms. The highest BCUT2D eigenvalue weighted by atomic mass is 16.5. The van der Waals surface area contributed by atoms with Gasteiger partial charge >= 0.3 is 5.97 Å². The van der Waals surface area contributed by atoms with E-state index in [1.165, 1.54) is 6.92 Å². The molecule has 0 amide bonds. The predicted molar refractivity (Wildman–Crippen MR) is 61.5 cm³/mol. The number of carboxylic acids is 1. The molecule has 1 unspecified atom stereocenters. The van der Waals surface area contributed by atoms with Gasteiger partial charge in [0.15, 0.2) is 0 Å². The number of rotatable bonds is 5. The molecule has 0 aliphatic carbocycles. The maximum atomic E-state index is 10.9. The number of hydrogen-bond acceptors (Lipinski definition) is 3. The van der Waals surface area contributed by atoms with Crippen molar-refractivity contribution >= 4 is 5.97 Å². The van der Waals surface area contributed by atoms with E-state index >= 15 is 0 Å². The van der Waals surface area contributed by atoms with Crippen LogP contribution in [0.5, 0.6) is 5.75 Å². The Hall–Kier alpha value is -1.55. The largest absolute Gasteiger partial charge is 0.494 e. The van der Waals surface area contributed by atoms with Gasteiger partial charge in [-0.25, -0.2) is 0 Å². The van der Waals surface area contributed by atoms with Crippen molar-refractivity contribution in [1.82, 2.24) is 0 Å². The molecule has 0 radical (unpaired) electrons. The molecule has 0 aliphatic rings. The van der Waals surface area contributed by atoms with Crippen LogP contribution in [0, 0.1) is 0 Å². The number of benzene rings is 1. The Morgan fingerprint density at radius 2 is 2.25 bits per heavy atom. The monoisotopic (exact) mass is 223 g/mol. The zero-order chi connectivity index (χ0) is 12.2. The molecule has 3 N–H and O–H groups in total. The van der Waals surface area contributed by atoms with Crippen LogP contribution in [0.3, 0.4) is 0 Å². The molecule has 0 aliphatic heterocycles. The van der Waals surface area contributed by atoms with E-state index in [4.69, 9.17) is 15.6 Å². The van der Waals surface area contributed by atoms with E-state index in [0.29, 0.717) is 6.61 Å². The first-order valence-electron chi connectivity index (χ1n) is 5.19. The van der Waals surface area contributed by atoms with Crippen LogP contribution in [-0.2, 0) is 11.2 Å². The summed E-state index contributed by atoms with van der Waals surface area (Å²) in [6, 6.07) is 7.33. The van der Waals surface area contributed by atoms with Gasteiger partial charge < -0.3 is 15.6 Å². The van der Waals surface area contributed by atoms with E-state index in [9.17, 15) is 4.79 Å². The summed E-state index contributed by atoms with van der Waals surface area (Å²) in [4.78, 5) is 10.9. The molecule has 0 fully saturated rings. The van der Waals surface area contributed by atoms with Crippen LogP contribution in [-0.4, -0.2) is 23.2 Å². The van der Waals surface area contributed by atoms with Crippen molar-refractivity contribution in [3.05, 3.63) is 29.8 Å². The average molecular weight is 223 g/mol. The molecule has 0 saturated heterocycles. The zero-order valence-corrected chi connectivity index (χ0v) is 9.56. The summed E-state index contributed by atoms with van der Waals surface area (Å²) in [6.45, 7) is 3.99. The first-order valence-corrected chi connectivity index (χ1v) is 5.19. The van der Waals surface area contributed by atoms with Gasteiger partial charge in [-0.15, -0.1) is 0 Å². The maximum Gasteiger partial charge on any atom is 0.323 e. The summed E-state index contributed by atoms with van der Waals surface area (Å²) in [5.41, 5.74) is 5.29. The summed E-state index contributed by atoms with van der Waals surface area (Å²) in [5, 5.41) is 8.92. The molecule has 4 heteroatoms. The molecule has 0 heterocycles. The van der Waals surface area contributed by atoms with E-state index in [0.717, 1.165) is 11.3 Å². The smallest absolute Gasteiger partial charge is 0.323 e. The molecule has 1 aromatic rings. The van der Waals surface area contributed by atoms with Gasteiger partial charge in [-0.1, -0.05) is 12.1 Å². The van der Waals surface area contributed by atoms with Gasteiger partial charge in [0.2, 0.25) is 0 Å². The highest BCUT2D eigenvalue weighted by molar-refractivity contribution is 5.78. The zero-order valence-electron chi connectivity index (χ0n) is 9.56. The summed E-state index contributed by atoms with van der Waals surface area (Å²) < 4.78 is 5.33. The Morgan fingerprint density at radius 1 is 1.56 bits per heavy atom. The second kappa shape index (κ2) is 4.99. The van der Waals surface area contributed by atoms with Crippen LogP contribution >= 0.6 is 0 Å². The first-order chi connectivity index (χ1) is 7.45. The third-order valence-electron chi connectivity index (χ3n) is 2.27. The van der Waals surface area contributed by atoms with Gasteiger partial charge in [0.1, 0.15) is 11.3 Å². The van der Waals surface area contributed by atoms with Crippen LogP contribution in [0.2, 0.25) is 0 Å². The fourth-order valence-corrected chi connectivity index (χ4v) is 1.41. The van der Waals surface area contributed by atoms with Gasteiger partial charge in [-0.2, -0.15) is 0 Å². The van der Waals surface area contributed by atoms with Crippen molar-refractivity contribution in [3.8, 4) is 5.75 Å². The molecule has 88 valence electrons. The lowest BCUT2D eigenvalue weighted by Gasteiger charge is -2.19. The Labute approximate surface area is 95.0 Å².